The zero-order valence-electron chi connectivity index (χ0n) is 21.7. The fourth-order valence-electron chi connectivity index (χ4n) is 4.80. The van der Waals surface area contributed by atoms with Crippen LogP contribution in [0.2, 0.25) is 0 Å². The van der Waals surface area contributed by atoms with Crippen molar-refractivity contribution in [3.63, 3.8) is 0 Å². The molecule has 6 heteroatoms. The predicted octanol–water partition coefficient (Wildman–Crippen LogP) is 6.62. The molecule has 1 aliphatic rings. The standard InChI is InChI=1S/C31H36N2O4/c1-23-22-25(15-16-30(23)36-24(2)34)10-8-9-19-33-20-17-27(18-21-33)37-31(35)32-29-14-7-6-13-28(29)26-11-4-3-5-12-26/h3-7,11-16,22,27H,8-10,17-21H2,1-2H3,(H,32,35). The van der Waals surface area contributed by atoms with Crippen molar-refractivity contribution in [3.05, 3.63) is 83.9 Å². The summed E-state index contributed by atoms with van der Waals surface area (Å²) in [5.74, 6) is 0.342. The van der Waals surface area contributed by atoms with Crippen molar-refractivity contribution >= 4 is 17.7 Å². The number of hydrogen-bond donors (Lipinski definition) is 1. The van der Waals surface area contributed by atoms with Crippen LogP contribution in [-0.2, 0) is 16.0 Å². The largest absolute Gasteiger partial charge is 0.446 e. The molecular formula is C31H36N2O4. The van der Waals surface area contributed by atoms with Gasteiger partial charge in [-0.25, -0.2) is 4.79 Å². The van der Waals surface area contributed by atoms with Crippen molar-refractivity contribution in [2.24, 2.45) is 0 Å². The number of nitrogens with one attached hydrogen (secondary N) is 1. The summed E-state index contributed by atoms with van der Waals surface area (Å²) in [6.45, 7) is 6.32. The number of esters is 1. The number of amides is 1. The van der Waals surface area contributed by atoms with Gasteiger partial charge in [-0.2, -0.15) is 0 Å². The van der Waals surface area contributed by atoms with E-state index in [0.29, 0.717) is 5.75 Å². The summed E-state index contributed by atoms with van der Waals surface area (Å²) >= 11 is 0. The van der Waals surface area contributed by atoms with E-state index < -0.39 is 6.09 Å². The predicted molar refractivity (Wildman–Crippen MR) is 147 cm³/mol. The number of ether oxygens (including phenoxy) is 2. The van der Waals surface area contributed by atoms with E-state index in [1.165, 1.54) is 12.5 Å². The first-order valence-electron chi connectivity index (χ1n) is 13.1. The van der Waals surface area contributed by atoms with E-state index in [0.717, 1.165) is 74.1 Å². The van der Waals surface area contributed by atoms with Crippen LogP contribution in [0.25, 0.3) is 11.1 Å². The molecule has 0 aromatic heterocycles. The molecule has 0 saturated carbocycles. The molecule has 0 bridgehead atoms. The molecule has 0 atom stereocenters. The van der Waals surface area contributed by atoms with Gasteiger partial charge in [0.15, 0.2) is 0 Å². The van der Waals surface area contributed by atoms with Crippen molar-refractivity contribution in [3.8, 4) is 16.9 Å². The van der Waals surface area contributed by atoms with E-state index >= 15 is 0 Å². The van der Waals surface area contributed by atoms with Gasteiger partial charge in [-0.15, -0.1) is 0 Å². The van der Waals surface area contributed by atoms with E-state index in [2.05, 4.69) is 16.3 Å². The molecule has 1 amide bonds. The summed E-state index contributed by atoms with van der Waals surface area (Å²) in [5.41, 5.74) is 5.04. The third-order valence-corrected chi connectivity index (χ3v) is 6.74. The molecule has 3 aromatic carbocycles. The molecule has 0 aliphatic carbocycles. The molecule has 0 unspecified atom stereocenters. The van der Waals surface area contributed by atoms with Gasteiger partial charge in [-0.05, 0) is 74.4 Å². The Kier molecular flexibility index (Phi) is 9.33. The molecule has 6 nitrogen and oxygen atoms in total. The highest BCUT2D eigenvalue weighted by Crippen LogP contribution is 2.28. The topological polar surface area (TPSA) is 67.9 Å². The Balaban J connectivity index is 1.16. The Labute approximate surface area is 219 Å². The number of piperidine rings is 1. The molecular weight excluding hydrogens is 464 g/mol. The first-order valence-corrected chi connectivity index (χ1v) is 13.1. The number of anilines is 1. The number of unbranched alkanes of at least 4 members (excludes halogenated alkanes) is 1. The van der Waals surface area contributed by atoms with Gasteiger partial charge in [0.1, 0.15) is 11.9 Å². The molecule has 1 N–H and O–H groups in total. The number of carbonyl (C=O) groups is 2. The van der Waals surface area contributed by atoms with Crippen LogP contribution in [0.3, 0.4) is 0 Å². The molecule has 1 fully saturated rings. The van der Waals surface area contributed by atoms with Gasteiger partial charge < -0.3 is 14.4 Å². The number of carbonyl (C=O) groups excluding carboxylic acids is 2. The molecule has 0 radical (unpaired) electrons. The lowest BCUT2D eigenvalue weighted by Gasteiger charge is -2.31. The van der Waals surface area contributed by atoms with Gasteiger partial charge in [-0.1, -0.05) is 60.7 Å². The van der Waals surface area contributed by atoms with Gasteiger partial charge in [0.25, 0.3) is 0 Å². The Morgan fingerprint density at radius 1 is 0.946 bits per heavy atom. The quantitative estimate of drug-likeness (QED) is 0.203. The van der Waals surface area contributed by atoms with Crippen LogP contribution < -0.4 is 10.1 Å². The van der Waals surface area contributed by atoms with E-state index in [9.17, 15) is 9.59 Å². The zero-order chi connectivity index (χ0) is 26.0. The SMILES string of the molecule is CC(=O)Oc1ccc(CCCCN2CCC(OC(=O)Nc3ccccc3-c3ccccc3)CC2)cc1C. The molecule has 1 saturated heterocycles. The number of likely N-dealkylation sites (tertiary alicyclic amines) is 1. The number of rotatable bonds is 9. The van der Waals surface area contributed by atoms with E-state index in [-0.39, 0.29) is 12.1 Å². The second-order valence-corrected chi connectivity index (χ2v) is 9.63. The molecule has 0 spiro atoms. The van der Waals surface area contributed by atoms with Gasteiger partial charge in [0.2, 0.25) is 0 Å². The molecule has 1 heterocycles. The monoisotopic (exact) mass is 500 g/mol. The Bertz CT molecular complexity index is 1190. The molecule has 4 rings (SSSR count). The van der Waals surface area contributed by atoms with Crippen molar-refractivity contribution in [1.82, 2.24) is 4.90 Å². The van der Waals surface area contributed by atoms with Crippen LogP contribution in [0.4, 0.5) is 10.5 Å². The number of hydrogen-bond acceptors (Lipinski definition) is 5. The van der Waals surface area contributed by atoms with Gasteiger partial charge in [0.05, 0.1) is 5.69 Å². The zero-order valence-corrected chi connectivity index (χ0v) is 21.7. The normalized spacial score (nSPS) is 14.2. The third-order valence-electron chi connectivity index (χ3n) is 6.74. The smallest absolute Gasteiger partial charge is 0.411 e. The van der Waals surface area contributed by atoms with Crippen LogP contribution in [0.1, 0.15) is 43.7 Å². The van der Waals surface area contributed by atoms with Crippen molar-refractivity contribution in [1.29, 1.82) is 0 Å². The number of para-hydroxylation sites is 1. The highest BCUT2D eigenvalue weighted by molar-refractivity contribution is 5.91. The second-order valence-electron chi connectivity index (χ2n) is 9.63. The van der Waals surface area contributed by atoms with Crippen LogP contribution in [0.15, 0.2) is 72.8 Å². The highest BCUT2D eigenvalue weighted by Gasteiger charge is 2.22. The minimum Gasteiger partial charge on any atom is -0.446 e. The fraction of sp³-hybridized carbons (Fsp3) is 0.355. The molecule has 194 valence electrons. The van der Waals surface area contributed by atoms with Crippen molar-refractivity contribution in [2.75, 3.05) is 25.0 Å². The van der Waals surface area contributed by atoms with Crippen LogP contribution in [0, 0.1) is 6.92 Å². The molecule has 37 heavy (non-hydrogen) atoms. The van der Waals surface area contributed by atoms with Crippen LogP contribution >= 0.6 is 0 Å². The summed E-state index contributed by atoms with van der Waals surface area (Å²) in [7, 11) is 0. The number of aryl methyl sites for hydroxylation is 2. The average Bonchev–Trinajstić information content (AvgIpc) is 2.89. The summed E-state index contributed by atoms with van der Waals surface area (Å²) in [6.07, 6.45) is 4.48. The minimum atomic E-state index is -0.392. The summed E-state index contributed by atoms with van der Waals surface area (Å²) in [5, 5.41) is 2.94. The lowest BCUT2D eigenvalue weighted by atomic mass is 10.0. The van der Waals surface area contributed by atoms with Crippen LogP contribution in [0.5, 0.6) is 5.75 Å². The number of benzene rings is 3. The van der Waals surface area contributed by atoms with Crippen LogP contribution in [-0.4, -0.2) is 42.7 Å². The Morgan fingerprint density at radius 3 is 2.41 bits per heavy atom. The minimum absolute atomic E-state index is 0.0566. The first-order chi connectivity index (χ1) is 18.0. The van der Waals surface area contributed by atoms with E-state index in [1.807, 2.05) is 73.7 Å². The summed E-state index contributed by atoms with van der Waals surface area (Å²) in [4.78, 5) is 26.2. The summed E-state index contributed by atoms with van der Waals surface area (Å²) in [6, 6.07) is 23.8. The van der Waals surface area contributed by atoms with Gasteiger partial charge in [0, 0.05) is 25.6 Å². The van der Waals surface area contributed by atoms with Crippen molar-refractivity contribution < 1.29 is 19.1 Å². The summed E-state index contributed by atoms with van der Waals surface area (Å²) < 4.78 is 11.0. The average molecular weight is 501 g/mol. The van der Waals surface area contributed by atoms with Gasteiger partial charge in [-0.3, -0.25) is 10.1 Å². The lowest BCUT2D eigenvalue weighted by Crippen LogP contribution is -2.38. The Hall–Kier alpha value is -3.64. The van der Waals surface area contributed by atoms with E-state index in [4.69, 9.17) is 9.47 Å². The lowest BCUT2D eigenvalue weighted by molar-refractivity contribution is -0.131. The fourth-order valence-corrected chi connectivity index (χ4v) is 4.80. The second kappa shape index (κ2) is 13.1. The van der Waals surface area contributed by atoms with E-state index in [1.54, 1.807) is 0 Å². The maximum absolute atomic E-state index is 12.6. The maximum Gasteiger partial charge on any atom is 0.411 e. The number of nitrogens with zero attached hydrogens (tertiary/aromatic N) is 1. The van der Waals surface area contributed by atoms with Crippen molar-refractivity contribution in [2.45, 2.75) is 52.1 Å². The highest BCUT2D eigenvalue weighted by atomic mass is 16.6. The maximum atomic E-state index is 12.6. The van der Waals surface area contributed by atoms with Gasteiger partial charge >= 0.3 is 12.1 Å². The first kappa shape index (κ1) is 26.4. The molecule has 3 aromatic rings. The Morgan fingerprint density at radius 2 is 1.68 bits per heavy atom. The molecule has 1 aliphatic heterocycles. The third kappa shape index (κ3) is 7.92.